The van der Waals surface area contributed by atoms with Gasteiger partial charge in [0.05, 0.1) is 17.7 Å². The van der Waals surface area contributed by atoms with Gasteiger partial charge in [-0.05, 0) is 17.5 Å². The fourth-order valence-corrected chi connectivity index (χ4v) is 2.12. The van der Waals surface area contributed by atoms with E-state index in [1.54, 1.807) is 0 Å². The zero-order valence-corrected chi connectivity index (χ0v) is 12.3. The van der Waals surface area contributed by atoms with E-state index in [-0.39, 0.29) is 17.3 Å². The van der Waals surface area contributed by atoms with Crippen LogP contribution in [0.15, 0.2) is 36.8 Å². The van der Waals surface area contributed by atoms with E-state index in [9.17, 15) is 9.90 Å². The molecule has 6 heteroatoms. The van der Waals surface area contributed by atoms with Gasteiger partial charge in [-0.15, -0.1) is 0 Å². The van der Waals surface area contributed by atoms with Gasteiger partial charge in [-0.1, -0.05) is 42.8 Å². The molecule has 1 aromatic carbocycles. The summed E-state index contributed by atoms with van der Waals surface area (Å²) in [5.74, 6) is -0.444. The molecule has 0 spiro atoms. The van der Waals surface area contributed by atoms with Crippen LogP contribution in [-0.4, -0.2) is 27.6 Å². The maximum atomic E-state index is 12.1. The SMILES string of the molecule is CCc1ccc(C(CO)NC(=O)c2ncncc2Cl)cc1. The summed E-state index contributed by atoms with van der Waals surface area (Å²) < 4.78 is 0. The molecule has 0 saturated heterocycles. The average Bonchev–Trinajstić information content (AvgIpc) is 2.53. The number of aliphatic hydroxyl groups is 1. The lowest BCUT2D eigenvalue weighted by molar-refractivity contribution is 0.0911. The fraction of sp³-hybridized carbons (Fsp3) is 0.267. The smallest absolute Gasteiger partial charge is 0.272 e. The summed E-state index contributed by atoms with van der Waals surface area (Å²) in [5, 5.41) is 12.4. The van der Waals surface area contributed by atoms with E-state index in [0.29, 0.717) is 0 Å². The Hall–Kier alpha value is -1.98. The number of nitrogens with zero attached hydrogens (tertiary/aromatic N) is 2. The monoisotopic (exact) mass is 305 g/mol. The molecule has 0 fully saturated rings. The van der Waals surface area contributed by atoms with Crippen LogP contribution in [0.2, 0.25) is 5.02 Å². The summed E-state index contributed by atoms with van der Waals surface area (Å²) in [6.07, 6.45) is 3.55. The highest BCUT2D eigenvalue weighted by atomic mass is 35.5. The number of amides is 1. The second-order valence-corrected chi connectivity index (χ2v) is 4.93. The van der Waals surface area contributed by atoms with Crippen LogP contribution in [0.4, 0.5) is 0 Å². The molecular weight excluding hydrogens is 290 g/mol. The molecule has 0 aliphatic rings. The minimum atomic E-state index is -0.505. The number of halogens is 1. The lowest BCUT2D eigenvalue weighted by atomic mass is 10.0. The van der Waals surface area contributed by atoms with Crippen LogP contribution in [0.1, 0.15) is 34.6 Å². The molecule has 21 heavy (non-hydrogen) atoms. The molecule has 2 N–H and O–H groups in total. The van der Waals surface area contributed by atoms with Crippen LogP contribution in [-0.2, 0) is 6.42 Å². The van der Waals surface area contributed by atoms with Crippen molar-refractivity contribution in [2.24, 2.45) is 0 Å². The molecule has 0 radical (unpaired) electrons. The lowest BCUT2D eigenvalue weighted by Gasteiger charge is -2.17. The maximum Gasteiger partial charge on any atom is 0.272 e. The fourth-order valence-electron chi connectivity index (χ4n) is 1.93. The normalized spacial score (nSPS) is 12.0. The summed E-state index contributed by atoms with van der Waals surface area (Å²) >= 11 is 5.88. The van der Waals surface area contributed by atoms with Gasteiger partial charge in [0.1, 0.15) is 12.0 Å². The van der Waals surface area contributed by atoms with Crippen molar-refractivity contribution in [3.63, 3.8) is 0 Å². The van der Waals surface area contributed by atoms with Gasteiger partial charge in [0.2, 0.25) is 0 Å². The van der Waals surface area contributed by atoms with E-state index in [4.69, 9.17) is 11.6 Å². The molecule has 0 bridgehead atoms. The van der Waals surface area contributed by atoms with E-state index in [1.807, 2.05) is 24.3 Å². The maximum absolute atomic E-state index is 12.1. The second kappa shape index (κ2) is 7.15. The molecule has 0 saturated carbocycles. The molecule has 0 aliphatic carbocycles. The Kier molecular flexibility index (Phi) is 5.25. The van der Waals surface area contributed by atoms with Crippen LogP contribution < -0.4 is 5.32 Å². The summed E-state index contributed by atoms with van der Waals surface area (Å²) in [7, 11) is 0. The Balaban J connectivity index is 2.15. The van der Waals surface area contributed by atoms with Gasteiger partial charge < -0.3 is 10.4 Å². The van der Waals surface area contributed by atoms with E-state index in [1.165, 1.54) is 18.1 Å². The minimum Gasteiger partial charge on any atom is -0.394 e. The third-order valence-corrected chi connectivity index (χ3v) is 3.44. The van der Waals surface area contributed by atoms with Gasteiger partial charge >= 0.3 is 0 Å². The van der Waals surface area contributed by atoms with Crippen molar-refractivity contribution in [3.05, 3.63) is 58.6 Å². The molecule has 2 aromatic rings. The highest BCUT2D eigenvalue weighted by molar-refractivity contribution is 6.33. The third-order valence-electron chi connectivity index (χ3n) is 3.16. The molecule has 0 aliphatic heterocycles. The van der Waals surface area contributed by atoms with Crippen molar-refractivity contribution in [1.82, 2.24) is 15.3 Å². The van der Waals surface area contributed by atoms with Crippen LogP contribution in [0, 0.1) is 0 Å². The highest BCUT2D eigenvalue weighted by Crippen LogP contribution is 2.16. The van der Waals surface area contributed by atoms with Gasteiger partial charge in [0.25, 0.3) is 5.91 Å². The van der Waals surface area contributed by atoms with E-state index >= 15 is 0 Å². The first-order valence-corrected chi connectivity index (χ1v) is 6.99. The first-order chi connectivity index (χ1) is 10.2. The molecule has 1 amide bonds. The number of aliphatic hydroxyl groups excluding tert-OH is 1. The number of aryl methyl sites for hydroxylation is 1. The Bertz CT molecular complexity index is 617. The molecule has 1 unspecified atom stereocenters. The highest BCUT2D eigenvalue weighted by Gasteiger charge is 2.18. The Morgan fingerprint density at radius 3 is 2.67 bits per heavy atom. The standard InChI is InChI=1S/C15H16ClN3O2/c1-2-10-3-5-11(6-4-10)13(8-20)19-15(21)14-12(16)7-17-9-18-14/h3-7,9,13,20H,2,8H2,1H3,(H,19,21). The molecule has 1 heterocycles. The molecule has 1 atom stereocenters. The topological polar surface area (TPSA) is 75.1 Å². The Morgan fingerprint density at radius 2 is 2.10 bits per heavy atom. The number of rotatable bonds is 5. The van der Waals surface area contributed by atoms with Crippen LogP contribution in [0.5, 0.6) is 0 Å². The van der Waals surface area contributed by atoms with Gasteiger partial charge in [0.15, 0.2) is 0 Å². The summed E-state index contributed by atoms with van der Waals surface area (Å²) in [6, 6.07) is 7.22. The van der Waals surface area contributed by atoms with Gasteiger partial charge in [-0.25, -0.2) is 9.97 Å². The summed E-state index contributed by atoms with van der Waals surface area (Å²) in [5.41, 5.74) is 2.11. The van der Waals surface area contributed by atoms with E-state index in [2.05, 4.69) is 22.2 Å². The van der Waals surface area contributed by atoms with Crippen molar-refractivity contribution < 1.29 is 9.90 Å². The Labute approximate surface area is 128 Å². The largest absolute Gasteiger partial charge is 0.394 e. The van der Waals surface area contributed by atoms with E-state index < -0.39 is 11.9 Å². The number of hydrogen-bond donors (Lipinski definition) is 2. The van der Waals surface area contributed by atoms with Crippen molar-refractivity contribution >= 4 is 17.5 Å². The molecule has 110 valence electrons. The number of aromatic nitrogens is 2. The predicted octanol–water partition coefficient (Wildman–Crippen LogP) is 2.16. The molecular formula is C15H16ClN3O2. The van der Waals surface area contributed by atoms with Crippen molar-refractivity contribution in [2.75, 3.05) is 6.61 Å². The number of carbonyl (C=O) groups is 1. The van der Waals surface area contributed by atoms with Crippen molar-refractivity contribution in [3.8, 4) is 0 Å². The summed E-state index contributed by atoms with van der Waals surface area (Å²) in [6.45, 7) is 1.86. The second-order valence-electron chi connectivity index (χ2n) is 4.52. The number of nitrogens with one attached hydrogen (secondary N) is 1. The minimum absolute atomic E-state index is 0.0929. The van der Waals surface area contributed by atoms with E-state index in [0.717, 1.165) is 12.0 Å². The van der Waals surface area contributed by atoms with Crippen molar-refractivity contribution in [1.29, 1.82) is 0 Å². The quantitative estimate of drug-likeness (QED) is 0.887. The van der Waals surface area contributed by atoms with Gasteiger partial charge in [-0.2, -0.15) is 0 Å². The number of hydrogen-bond acceptors (Lipinski definition) is 4. The van der Waals surface area contributed by atoms with Crippen LogP contribution in [0.25, 0.3) is 0 Å². The zero-order chi connectivity index (χ0) is 15.2. The van der Waals surface area contributed by atoms with Crippen molar-refractivity contribution in [2.45, 2.75) is 19.4 Å². The molecule has 2 rings (SSSR count). The van der Waals surface area contributed by atoms with Crippen LogP contribution in [0.3, 0.4) is 0 Å². The first kappa shape index (κ1) is 15.4. The lowest BCUT2D eigenvalue weighted by Crippen LogP contribution is -2.31. The average molecular weight is 306 g/mol. The van der Waals surface area contributed by atoms with Gasteiger partial charge in [-0.3, -0.25) is 4.79 Å². The molecule has 1 aromatic heterocycles. The number of benzene rings is 1. The zero-order valence-electron chi connectivity index (χ0n) is 11.6. The predicted molar refractivity (Wildman–Crippen MR) is 80.2 cm³/mol. The summed E-state index contributed by atoms with van der Waals surface area (Å²) in [4.78, 5) is 19.7. The third kappa shape index (κ3) is 3.77. The number of carbonyl (C=O) groups excluding carboxylic acids is 1. The van der Waals surface area contributed by atoms with Crippen LogP contribution >= 0.6 is 11.6 Å². The Morgan fingerprint density at radius 1 is 1.38 bits per heavy atom. The first-order valence-electron chi connectivity index (χ1n) is 6.61. The van der Waals surface area contributed by atoms with Gasteiger partial charge in [0, 0.05) is 6.20 Å². The molecule has 5 nitrogen and oxygen atoms in total.